The van der Waals surface area contributed by atoms with Crippen molar-refractivity contribution >= 4 is 11.7 Å². The zero-order valence-corrected chi connectivity index (χ0v) is 10.7. The number of nitrogens with two attached hydrogens (primary N) is 1. The second kappa shape index (κ2) is 5.82. The van der Waals surface area contributed by atoms with Gasteiger partial charge in [-0.15, -0.1) is 0 Å². The van der Waals surface area contributed by atoms with Crippen LogP contribution in [-0.2, 0) is 0 Å². The third kappa shape index (κ3) is 3.20. The summed E-state index contributed by atoms with van der Waals surface area (Å²) in [5.74, 6) is 0.157. The molecule has 0 spiro atoms. The molecule has 0 aliphatic carbocycles. The van der Waals surface area contributed by atoms with Crippen molar-refractivity contribution in [1.29, 1.82) is 0 Å². The minimum absolute atomic E-state index is 0.441. The number of nitrogens with zero attached hydrogens (tertiary/aromatic N) is 1. The smallest absolute Gasteiger partial charge is 0.252 e. The predicted molar refractivity (Wildman–Crippen MR) is 71.6 cm³/mol. The molecule has 5 heteroatoms. The maximum Gasteiger partial charge on any atom is 0.252 e. The highest BCUT2D eigenvalue weighted by molar-refractivity contribution is 5.97. The van der Waals surface area contributed by atoms with Crippen LogP contribution < -0.4 is 16.4 Å². The summed E-state index contributed by atoms with van der Waals surface area (Å²) in [7, 11) is 0. The largest absolute Gasteiger partial charge is 0.369 e. The van der Waals surface area contributed by atoms with Crippen molar-refractivity contribution in [2.24, 2.45) is 5.73 Å². The van der Waals surface area contributed by atoms with Gasteiger partial charge in [-0.3, -0.25) is 4.79 Å². The first-order chi connectivity index (χ1) is 8.66. The molecule has 0 bridgehead atoms. The van der Waals surface area contributed by atoms with Crippen LogP contribution in [0.25, 0.3) is 0 Å². The lowest BCUT2D eigenvalue weighted by Crippen LogP contribution is -2.25. The van der Waals surface area contributed by atoms with Gasteiger partial charge in [0.2, 0.25) is 0 Å². The van der Waals surface area contributed by atoms with Gasteiger partial charge in [-0.2, -0.15) is 0 Å². The summed E-state index contributed by atoms with van der Waals surface area (Å²) in [5, 5.41) is 6.65. The van der Waals surface area contributed by atoms with E-state index in [1.165, 1.54) is 12.8 Å². The van der Waals surface area contributed by atoms with Gasteiger partial charge in [0.25, 0.3) is 5.91 Å². The monoisotopic (exact) mass is 248 g/mol. The van der Waals surface area contributed by atoms with Crippen LogP contribution in [0.15, 0.2) is 12.1 Å². The Bertz CT molecular complexity index is 427. The molecule has 0 aromatic carbocycles. The van der Waals surface area contributed by atoms with E-state index in [1.54, 1.807) is 12.1 Å². The molecule has 4 N–H and O–H groups in total. The molecule has 2 rings (SSSR count). The van der Waals surface area contributed by atoms with Gasteiger partial charge >= 0.3 is 0 Å². The molecule has 5 nitrogen and oxygen atoms in total. The van der Waals surface area contributed by atoms with Crippen molar-refractivity contribution < 1.29 is 4.79 Å². The van der Waals surface area contributed by atoms with Crippen LogP contribution in [0.2, 0.25) is 0 Å². The molecule has 0 saturated carbocycles. The van der Waals surface area contributed by atoms with E-state index in [-0.39, 0.29) is 0 Å². The number of hydrogen-bond donors (Lipinski definition) is 3. The quantitative estimate of drug-likeness (QED) is 0.727. The van der Waals surface area contributed by atoms with Gasteiger partial charge in [0.15, 0.2) is 0 Å². The predicted octanol–water partition coefficient (Wildman–Crippen LogP) is 1.04. The second-order valence-corrected chi connectivity index (χ2v) is 4.72. The molecule has 2 heterocycles. The number of carbonyl (C=O) groups excluding carboxylic acids is 1. The highest BCUT2D eigenvalue weighted by Gasteiger charge is 2.14. The van der Waals surface area contributed by atoms with Gasteiger partial charge in [0.1, 0.15) is 5.82 Å². The van der Waals surface area contributed by atoms with Gasteiger partial charge in [0.05, 0.1) is 5.56 Å². The molecule has 1 aliphatic heterocycles. The number of aromatic nitrogens is 1. The Hall–Kier alpha value is -1.62. The highest BCUT2D eigenvalue weighted by atomic mass is 16.1. The number of nitrogens with one attached hydrogen (secondary N) is 2. The van der Waals surface area contributed by atoms with Crippen molar-refractivity contribution in [3.05, 3.63) is 23.4 Å². The Labute approximate surface area is 107 Å². The van der Waals surface area contributed by atoms with Crippen LogP contribution in [0.4, 0.5) is 5.82 Å². The van der Waals surface area contributed by atoms with Gasteiger partial charge in [-0.25, -0.2) is 4.98 Å². The Morgan fingerprint density at radius 1 is 1.61 bits per heavy atom. The molecule has 1 atom stereocenters. The van der Waals surface area contributed by atoms with Crippen molar-refractivity contribution in [1.82, 2.24) is 10.3 Å². The van der Waals surface area contributed by atoms with Gasteiger partial charge in [-0.1, -0.05) is 0 Å². The maximum absolute atomic E-state index is 11.3. The Morgan fingerprint density at radius 2 is 2.44 bits per heavy atom. The average Bonchev–Trinajstić information content (AvgIpc) is 2.82. The van der Waals surface area contributed by atoms with Crippen LogP contribution in [0, 0.1) is 6.92 Å². The number of hydrogen-bond acceptors (Lipinski definition) is 4. The third-order valence-corrected chi connectivity index (χ3v) is 3.25. The van der Waals surface area contributed by atoms with Crippen LogP contribution in [-0.4, -0.2) is 30.0 Å². The molecule has 1 aromatic heterocycles. The number of primary amides is 1. The molecule has 1 aromatic rings. The fraction of sp³-hybridized carbons (Fsp3) is 0.538. The van der Waals surface area contributed by atoms with Crippen molar-refractivity contribution in [2.75, 3.05) is 18.4 Å². The zero-order chi connectivity index (χ0) is 13.0. The standard InChI is InChI=1S/C13H20N4O/c1-9-4-5-11(12(14)18)13(17-9)16-8-6-10-3-2-7-15-10/h4-5,10,15H,2-3,6-8H2,1H3,(H2,14,18)(H,16,17)/t10-/m0/s1. The van der Waals surface area contributed by atoms with Gasteiger partial charge in [-0.05, 0) is 44.9 Å². The molecule has 1 aliphatic rings. The first-order valence-electron chi connectivity index (χ1n) is 6.41. The zero-order valence-electron chi connectivity index (χ0n) is 10.7. The van der Waals surface area contributed by atoms with E-state index in [9.17, 15) is 4.79 Å². The van der Waals surface area contributed by atoms with E-state index < -0.39 is 5.91 Å². The van der Waals surface area contributed by atoms with Crippen LogP contribution in [0.1, 0.15) is 35.3 Å². The van der Waals surface area contributed by atoms with Crippen LogP contribution >= 0.6 is 0 Å². The number of rotatable bonds is 5. The number of anilines is 1. The lowest BCUT2D eigenvalue weighted by Gasteiger charge is -2.13. The molecule has 1 amide bonds. The van der Waals surface area contributed by atoms with Gasteiger partial charge < -0.3 is 16.4 Å². The lowest BCUT2D eigenvalue weighted by atomic mass is 10.1. The summed E-state index contributed by atoms with van der Waals surface area (Å²) in [6, 6.07) is 4.10. The molecular formula is C13H20N4O. The SMILES string of the molecule is Cc1ccc(C(N)=O)c(NCC[C@@H]2CCCN2)n1. The number of carbonyl (C=O) groups is 1. The summed E-state index contributed by atoms with van der Waals surface area (Å²) < 4.78 is 0. The molecular weight excluding hydrogens is 228 g/mol. The Morgan fingerprint density at radius 3 is 3.11 bits per heavy atom. The molecule has 0 radical (unpaired) electrons. The number of pyridine rings is 1. The van der Waals surface area contributed by atoms with E-state index in [0.717, 1.165) is 25.2 Å². The lowest BCUT2D eigenvalue weighted by molar-refractivity contribution is 0.100. The minimum Gasteiger partial charge on any atom is -0.369 e. The topological polar surface area (TPSA) is 80.0 Å². The first-order valence-corrected chi connectivity index (χ1v) is 6.41. The maximum atomic E-state index is 11.3. The molecule has 1 saturated heterocycles. The summed E-state index contributed by atoms with van der Waals surface area (Å²) >= 11 is 0. The van der Waals surface area contributed by atoms with Crippen molar-refractivity contribution in [3.8, 4) is 0 Å². The minimum atomic E-state index is -0.441. The summed E-state index contributed by atoms with van der Waals surface area (Å²) in [4.78, 5) is 15.6. The van der Waals surface area contributed by atoms with Crippen LogP contribution in [0.5, 0.6) is 0 Å². The Kier molecular flexibility index (Phi) is 4.15. The third-order valence-electron chi connectivity index (χ3n) is 3.25. The highest BCUT2D eigenvalue weighted by Crippen LogP contribution is 2.14. The fourth-order valence-electron chi connectivity index (χ4n) is 2.26. The molecule has 18 heavy (non-hydrogen) atoms. The molecule has 98 valence electrons. The van der Waals surface area contributed by atoms with E-state index in [2.05, 4.69) is 15.6 Å². The Balaban J connectivity index is 1.94. The summed E-state index contributed by atoms with van der Waals surface area (Å²) in [6.45, 7) is 3.81. The van der Waals surface area contributed by atoms with E-state index >= 15 is 0 Å². The normalized spacial score (nSPS) is 18.8. The van der Waals surface area contributed by atoms with Crippen LogP contribution in [0.3, 0.4) is 0 Å². The fourth-order valence-corrected chi connectivity index (χ4v) is 2.26. The van der Waals surface area contributed by atoms with Crippen molar-refractivity contribution in [3.63, 3.8) is 0 Å². The molecule has 1 fully saturated rings. The van der Waals surface area contributed by atoms with E-state index in [1.807, 2.05) is 6.92 Å². The number of aryl methyl sites for hydroxylation is 1. The average molecular weight is 248 g/mol. The molecule has 0 unspecified atom stereocenters. The summed E-state index contributed by atoms with van der Waals surface area (Å²) in [5.41, 5.74) is 6.66. The first kappa shape index (κ1) is 12.8. The second-order valence-electron chi connectivity index (χ2n) is 4.72. The number of amides is 1. The van der Waals surface area contributed by atoms with E-state index in [4.69, 9.17) is 5.73 Å². The van der Waals surface area contributed by atoms with E-state index in [0.29, 0.717) is 17.4 Å². The summed E-state index contributed by atoms with van der Waals surface area (Å²) in [6.07, 6.45) is 3.51. The van der Waals surface area contributed by atoms with Crippen molar-refractivity contribution in [2.45, 2.75) is 32.2 Å². The van der Waals surface area contributed by atoms with Gasteiger partial charge in [0, 0.05) is 18.3 Å².